The minimum Gasteiger partial charge on any atom is -0.505 e. The van der Waals surface area contributed by atoms with Crippen LogP contribution in [0.1, 0.15) is 10.5 Å². The van der Waals surface area contributed by atoms with E-state index in [1.807, 2.05) is 18.2 Å². The highest BCUT2D eigenvalue weighted by Gasteiger charge is 2.11. The molecule has 0 saturated carbocycles. The molecule has 2 N–H and O–H groups in total. The van der Waals surface area contributed by atoms with Crippen LogP contribution in [-0.2, 0) is 0 Å². The Morgan fingerprint density at radius 2 is 2.12 bits per heavy atom. The summed E-state index contributed by atoms with van der Waals surface area (Å²) < 4.78 is 1.02. The van der Waals surface area contributed by atoms with Gasteiger partial charge in [-0.3, -0.25) is 4.79 Å². The number of amides is 1. The van der Waals surface area contributed by atoms with Crippen LogP contribution in [0, 0.1) is 3.57 Å². The van der Waals surface area contributed by atoms with Gasteiger partial charge in [-0.1, -0.05) is 6.07 Å². The summed E-state index contributed by atoms with van der Waals surface area (Å²) in [6, 6.07) is 10.4. The normalized spacial score (nSPS) is 9.94. The van der Waals surface area contributed by atoms with Crippen molar-refractivity contribution < 1.29 is 9.90 Å². The molecule has 0 radical (unpaired) electrons. The maximum absolute atomic E-state index is 11.8. The van der Waals surface area contributed by atoms with Crippen LogP contribution in [0.4, 0.5) is 5.69 Å². The molecule has 1 aromatic carbocycles. The molecular weight excluding hydrogens is 331 g/mol. The van der Waals surface area contributed by atoms with E-state index in [4.69, 9.17) is 0 Å². The van der Waals surface area contributed by atoms with Gasteiger partial charge in [0.05, 0.1) is 0 Å². The van der Waals surface area contributed by atoms with Crippen molar-refractivity contribution in [2.75, 3.05) is 5.32 Å². The molecule has 0 saturated heterocycles. The average molecular weight is 340 g/mol. The molecule has 0 fully saturated rings. The lowest BCUT2D eigenvalue weighted by molar-refractivity contribution is 0.101. The number of nitrogens with one attached hydrogen (secondary N) is 1. The first-order valence-corrected chi connectivity index (χ1v) is 5.95. The molecule has 0 aliphatic carbocycles. The van der Waals surface area contributed by atoms with E-state index in [0.29, 0.717) is 5.69 Å². The lowest BCUT2D eigenvalue weighted by Crippen LogP contribution is -2.13. The van der Waals surface area contributed by atoms with E-state index in [9.17, 15) is 9.90 Å². The van der Waals surface area contributed by atoms with E-state index in [2.05, 4.69) is 32.9 Å². The van der Waals surface area contributed by atoms with Crippen LogP contribution >= 0.6 is 22.6 Å². The van der Waals surface area contributed by atoms with Crippen LogP contribution in [0.3, 0.4) is 0 Å². The fourth-order valence-electron chi connectivity index (χ4n) is 1.33. The fraction of sp³-hybridized carbons (Fsp3) is 0. The first-order chi connectivity index (χ1) is 8.16. The number of pyridine rings is 1. The number of aromatic hydroxyl groups is 1. The number of halogens is 1. The summed E-state index contributed by atoms with van der Waals surface area (Å²) in [5, 5.41) is 12.2. The molecule has 1 amide bonds. The summed E-state index contributed by atoms with van der Waals surface area (Å²) in [5.41, 5.74) is 0.693. The number of rotatable bonds is 2. The number of anilines is 1. The molecule has 1 aromatic heterocycles. The third-order valence-electron chi connectivity index (χ3n) is 2.08. The third-order valence-corrected chi connectivity index (χ3v) is 2.75. The number of hydrogen-bond donors (Lipinski definition) is 2. The van der Waals surface area contributed by atoms with Gasteiger partial charge in [0.1, 0.15) is 5.75 Å². The monoisotopic (exact) mass is 340 g/mol. The van der Waals surface area contributed by atoms with E-state index in [0.717, 1.165) is 3.57 Å². The van der Waals surface area contributed by atoms with Gasteiger partial charge in [-0.2, -0.15) is 0 Å². The van der Waals surface area contributed by atoms with E-state index in [1.54, 1.807) is 12.1 Å². The topological polar surface area (TPSA) is 62.2 Å². The zero-order chi connectivity index (χ0) is 12.3. The Kier molecular flexibility index (Phi) is 3.58. The lowest BCUT2D eigenvalue weighted by atomic mass is 10.3. The van der Waals surface area contributed by atoms with Crippen molar-refractivity contribution >= 4 is 34.2 Å². The SMILES string of the molecule is O=C(Nc1cccc(I)c1)c1ncccc1O. The van der Waals surface area contributed by atoms with Gasteiger partial charge < -0.3 is 10.4 Å². The number of nitrogens with zero attached hydrogens (tertiary/aromatic N) is 1. The number of carbonyl (C=O) groups is 1. The highest BCUT2D eigenvalue weighted by atomic mass is 127. The van der Waals surface area contributed by atoms with Gasteiger partial charge in [0.25, 0.3) is 5.91 Å². The van der Waals surface area contributed by atoms with Crippen LogP contribution in [0.15, 0.2) is 42.6 Å². The summed E-state index contributed by atoms with van der Waals surface area (Å²) in [4.78, 5) is 15.6. The predicted octanol–water partition coefficient (Wildman–Crippen LogP) is 2.64. The maximum Gasteiger partial charge on any atom is 0.278 e. The summed E-state index contributed by atoms with van der Waals surface area (Å²) in [7, 11) is 0. The van der Waals surface area contributed by atoms with Gasteiger partial charge in [0, 0.05) is 15.5 Å². The molecule has 5 heteroatoms. The van der Waals surface area contributed by atoms with Gasteiger partial charge in [-0.05, 0) is 52.9 Å². The Morgan fingerprint density at radius 3 is 2.82 bits per heavy atom. The fourth-order valence-corrected chi connectivity index (χ4v) is 1.87. The number of benzene rings is 1. The van der Waals surface area contributed by atoms with Crippen LogP contribution in [0.5, 0.6) is 5.75 Å². The number of aromatic nitrogens is 1. The van der Waals surface area contributed by atoms with Crippen molar-refractivity contribution in [3.8, 4) is 5.75 Å². The number of carbonyl (C=O) groups excluding carboxylic acids is 1. The van der Waals surface area contributed by atoms with Gasteiger partial charge in [0.2, 0.25) is 0 Å². The van der Waals surface area contributed by atoms with Crippen molar-refractivity contribution in [1.82, 2.24) is 4.98 Å². The second-order valence-corrected chi connectivity index (χ2v) is 4.58. The zero-order valence-corrected chi connectivity index (χ0v) is 10.9. The smallest absolute Gasteiger partial charge is 0.278 e. The average Bonchev–Trinajstić information content (AvgIpc) is 2.29. The second kappa shape index (κ2) is 5.13. The third kappa shape index (κ3) is 2.94. The summed E-state index contributed by atoms with van der Waals surface area (Å²) >= 11 is 2.16. The van der Waals surface area contributed by atoms with Gasteiger partial charge in [0.15, 0.2) is 5.69 Å². The summed E-state index contributed by atoms with van der Waals surface area (Å²) in [5.74, 6) is -0.555. The Balaban J connectivity index is 2.20. The van der Waals surface area contributed by atoms with Crippen LogP contribution in [0.25, 0.3) is 0 Å². The first kappa shape index (κ1) is 11.8. The van der Waals surface area contributed by atoms with Crippen molar-refractivity contribution in [2.24, 2.45) is 0 Å². The molecule has 2 rings (SSSR count). The molecule has 2 aromatic rings. The van der Waals surface area contributed by atoms with Crippen molar-refractivity contribution in [3.05, 3.63) is 51.9 Å². The van der Waals surface area contributed by atoms with E-state index in [1.165, 1.54) is 12.3 Å². The highest BCUT2D eigenvalue weighted by Crippen LogP contribution is 2.16. The zero-order valence-electron chi connectivity index (χ0n) is 8.72. The van der Waals surface area contributed by atoms with Crippen LogP contribution in [0.2, 0.25) is 0 Å². The van der Waals surface area contributed by atoms with Gasteiger partial charge in [-0.15, -0.1) is 0 Å². The molecule has 0 spiro atoms. The molecular formula is C12H9IN2O2. The molecule has 0 aliphatic heterocycles. The number of hydrogen-bond acceptors (Lipinski definition) is 3. The Hall–Kier alpha value is -1.63. The first-order valence-electron chi connectivity index (χ1n) is 4.88. The quantitative estimate of drug-likeness (QED) is 0.827. The predicted molar refractivity (Wildman–Crippen MR) is 73.0 cm³/mol. The molecule has 0 bridgehead atoms. The van der Waals surface area contributed by atoms with E-state index >= 15 is 0 Å². The van der Waals surface area contributed by atoms with Crippen molar-refractivity contribution in [3.63, 3.8) is 0 Å². The van der Waals surface area contributed by atoms with E-state index < -0.39 is 5.91 Å². The van der Waals surface area contributed by atoms with Gasteiger partial charge in [-0.25, -0.2) is 4.98 Å². The highest BCUT2D eigenvalue weighted by molar-refractivity contribution is 14.1. The Morgan fingerprint density at radius 1 is 1.29 bits per heavy atom. The van der Waals surface area contributed by atoms with E-state index in [-0.39, 0.29) is 11.4 Å². The molecule has 0 unspecified atom stereocenters. The summed E-state index contributed by atoms with van der Waals surface area (Å²) in [6.07, 6.45) is 1.46. The minimum atomic E-state index is -0.426. The van der Waals surface area contributed by atoms with Crippen LogP contribution in [-0.4, -0.2) is 16.0 Å². The summed E-state index contributed by atoms with van der Waals surface area (Å²) in [6.45, 7) is 0. The Labute approximate surface area is 112 Å². The maximum atomic E-state index is 11.8. The second-order valence-electron chi connectivity index (χ2n) is 3.34. The van der Waals surface area contributed by atoms with Crippen LogP contribution < -0.4 is 5.32 Å². The largest absolute Gasteiger partial charge is 0.505 e. The lowest BCUT2D eigenvalue weighted by Gasteiger charge is -2.05. The molecule has 1 heterocycles. The molecule has 17 heavy (non-hydrogen) atoms. The standard InChI is InChI=1S/C12H9IN2O2/c13-8-3-1-4-9(7-8)15-12(17)11-10(16)5-2-6-14-11/h1-7,16H,(H,15,17). The molecule has 86 valence electrons. The minimum absolute atomic E-state index is 0.0198. The van der Waals surface area contributed by atoms with Crippen molar-refractivity contribution in [2.45, 2.75) is 0 Å². The molecule has 0 atom stereocenters. The van der Waals surface area contributed by atoms with Crippen molar-refractivity contribution in [1.29, 1.82) is 0 Å². The van der Waals surface area contributed by atoms with Gasteiger partial charge >= 0.3 is 0 Å². The Bertz CT molecular complexity index is 558. The molecule has 0 aliphatic rings. The molecule has 4 nitrogen and oxygen atoms in total.